The molecule has 0 unspecified atom stereocenters. The van der Waals surface area contributed by atoms with Gasteiger partial charge >= 0.3 is 0 Å². The number of Topliss-reactive ketones (excluding diaryl/α,β-unsaturated/α-hetero) is 1. The summed E-state index contributed by atoms with van der Waals surface area (Å²) < 4.78 is 32.1. The van der Waals surface area contributed by atoms with Crippen molar-refractivity contribution < 1.29 is 17.9 Å². The molecule has 1 aromatic rings. The standard InChI is InChI=1S/C14H19NO4S/c1-10-8-15(9-11(2)19-10)20(17,18)14-6-4-13(5-7-14)12(3)16/h4-7,10-11H,8-9H2,1-3H3/t10-,11-/m1/s1. The third-order valence-corrected chi connectivity index (χ3v) is 5.13. The molecule has 1 saturated heterocycles. The van der Waals surface area contributed by atoms with Crippen LogP contribution in [-0.4, -0.2) is 43.8 Å². The van der Waals surface area contributed by atoms with Gasteiger partial charge in [-0.25, -0.2) is 8.42 Å². The Morgan fingerprint density at radius 3 is 2.10 bits per heavy atom. The van der Waals surface area contributed by atoms with Crippen LogP contribution in [0.2, 0.25) is 0 Å². The molecular formula is C14H19NO4S. The molecule has 1 fully saturated rings. The molecule has 110 valence electrons. The first-order chi connectivity index (χ1) is 9.30. The Morgan fingerprint density at radius 1 is 1.15 bits per heavy atom. The van der Waals surface area contributed by atoms with Crippen molar-refractivity contribution in [2.75, 3.05) is 13.1 Å². The smallest absolute Gasteiger partial charge is 0.243 e. The number of carbonyl (C=O) groups excluding carboxylic acids is 1. The van der Waals surface area contributed by atoms with Gasteiger partial charge in [-0.3, -0.25) is 4.79 Å². The molecule has 1 aromatic carbocycles. The van der Waals surface area contributed by atoms with Gasteiger partial charge in [-0.1, -0.05) is 12.1 Å². The average Bonchev–Trinajstić information content (AvgIpc) is 2.37. The second-order valence-corrected chi connectivity index (χ2v) is 7.10. The van der Waals surface area contributed by atoms with Gasteiger partial charge in [-0.05, 0) is 32.9 Å². The van der Waals surface area contributed by atoms with Gasteiger partial charge in [0.15, 0.2) is 5.78 Å². The molecular weight excluding hydrogens is 278 g/mol. The molecule has 2 atom stereocenters. The second-order valence-electron chi connectivity index (χ2n) is 5.16. The Balaban J connectivity index is 2.27. The highest BCUT2D eigenvalue weighted by molar-refractivity contribution is 7.89. The fourth-order valence-electron chi connectivity index (χ4n) is 2.34. The van der Waals surface area contributed by atoms with Gasteiger partial charge in [-0.2, -0.15) is 4.31 Å². The van der Waals surface area contributed by atoms with E-state index in [2.05, 4.69) is 0 Å². The molecule has 0 saturated carbocycles. The highest BCUT2D eigenvalue weighted by atomic mass is 32.2. The van der Waals surface area contributed by atoms with Crippen LogP contribution < -0.4 is 0 Å². The number of hydrogen-bond acceptors (Lipinski definition) is 4. The number of ketones is 1. The summed E-state index contributed by atoms with van der Waals surface area (Å²) in [5, 5.41) is 0. The molecule has 0 radical (unpaired) electrons. The van der Waals surface area contributed by atoms with Crippen LogP contribution in [0.3, 0.4) is 0 Å². The highest BCUT2D eigenvalue weighted by Gasteiger charge is 2.32. The zero-order valence-electron chi connectivity index (χ0n) is 11.9. The van der Waals surface area contributed by atoms with Crippen molar-refractivity contribution in [3.05, 3.63) is 29.8 Å². The molecule has 6 heteroatoms. The summed E-state index contributed by atoms with van der Waals surface area (Å²) in [7, 11) is -3.53. The maximum atomic E-state index is 12.5. The average molecular weight is 297 g/mol. The molecule has 0 N–H and O–H groups in total. The monoisotopic (exact) mass is 297 g/mol. The zero-order chi connectivity index (χ0) is 14.9. The maximum absolute atomic E-state index is 12.5. The summed E-state index contributed by atoms with van der Waals surface area (Å²) in [6.45, 7) is 5.87. The molecule has 0 aromatic heterocycles. The van der Waals surface area contributed by atoms with Crippen LogP contribution in [0.1, 0.15) is 31.1 Å². The van der Waals surface area contributed by atoms with E-state index >= 15 is 0 Å². The first kappa shape index (κ1) is 15.2. The summed E-state index contributed by atoms with van der Waals surface area (Å²) in [6, 6.07) is 6.05. The molecule has 0 bridgehead atoms. The SMILES string of the molecule is CC(=O)c1ccc(S(=O)(=O)N2C[C@@H](C)O[C@H](C)C2)cc1. The van der Waals surface area contributed by atoms with Gasteiger partial charge in [0.1, 0.15) is 0 Å². The predicted octanol–water partition coefficient (Wildman–Crippen LogP) is 1.69. The van der Waals surface area contributed by atoms with Crippen molar-refractivity contribution in [1.29, 1.82) is 0 Å². The maximum Gasteiger partial charge on any atom is 0.243 e. The molecule has 0 spiro atoms. The Bertz CT molecular complexity index is 584. The molecule has 1 aliphatic rings. The van der Waals surface area contributed by atoms with Crippen LogP contribution in [0, 0.1) is 0 Å². The lowest BCUT2D eigenvalue weighted by molar-refractivity contribution is -0.0440. The Morgan fingerprint density at radius 2 is 1.65 bits per heavy atom. The highest BCUT2D eigenvalue weighted by Crippen LogP contribution is 2.21. The molecule has 2 rings (SSSR count). The number of hydrogen-bond donors (Lipinski definition) is 0. The van der Waals surface area contributed by atoms with Gasteiger partial charge in [0, 0.05) is 18.7 Å². The van der Waals surface area contributed by atoms with Gasteiger partial charge in [0.25, 0.3) is 0 Å². The fourth-order valence-corrected chi connectivity index (χ4v) is 3.93. The van der Waals surface area contributed by atoms with Crippen LogP contribution in [0.4, 0.5) is 0 Å². The van der Waals surface area contributed by atoms with Crippen molar-refractivity contribution in [3.63, 3.8) is 0 Å². The van der Waals surface area contributed by atoms with Gasteiger partial charge < -0.3 is 4.74 Å². The Labute approximate surface area is 119 Å². The molecule has 5 nitrogen and oxygen atoms in total. The van der Waals surface area contributed by atoms with Crippen LogP contribution >= 0.6 is 0 Å². The number of sulfonamides is 1. The molecule has 1 heterocycles. The summed E-state index contributed by atoms with van der Waals surface area (Å²) in [4.78, 5) is 11.4. The molecule has 1 aliphatic heterocycles. The zero-order valence-corrected chi connectivity index (χ0v) is 12.7. The molecule has 0 amide bonds. The number of nitrogens with zero attached hydrogens (tertiary/aromatic N) is 1. The largest absolute Gasteiger partial charge is 0.373 e. The van der Waals surface area contributed by atoms with Gasteiger partial charge in [0.05, 0.1) is 17.1 Å². The van der Waals surface area contributed by atoms with E-state index in [1.54, 1.807) is 12.1 Å². The first-order valence-corrected chi connectivity index (χ1v) is 8.01. The van der Waals surface area contributed by atoms with Crippen LogP contribution in [0.25, 0.3) is 0 Å². The van der Waals surface area contributed by atoms with E-state index in [9.17, 15) is 13.2 Å². The van der Waals surface area contributed by atoms with E-state index in [-0.39, 0.29) is 22.9 Å². The summed E-state index contributed by atoms with van der Waals surface area (Å²) in [6.07, 6.45) is -0.241. The predicted molar refractivity (Wildman–Crippen MR) is 75.2 cm³/mol. The van der Waals surface area contributed by atoms with Crippen LogP contribution in [0.15, 0.2) is 29.2 Å². The number of carbonyl (C=O) groups is 1. The van der Waals surface area contributed by atoms with Crippen LogP contribution in [0.5, 0.6) is 0 Å². The van der Waals surface area contributed by atoms with Gasteiger partial charge in [0.2, 0.25) is 10.0 Å². The minimum atomic E-state index is -3.53. The summed E-state index contributed by atoms with van der Waals surface area (Å²) >= 11 is 0. The van der Waals surface area contributed by atoms with Crippen molar-refractivity contribution in [1.82, 2.24) is 4.31 Å². The number of benzene rings is 1. The third kappa shape index (κ3) is 3.08. The van der Waals surface area contributed by atoms with Crippen LogP contribution in [-0.2, 0) is 14.8 Å². The third-order valence-electron chi connectivity index (χ3n) is 3.28. The Kier molecular flexibility index (Phi) is 4.27. The summed E-state index contributed by atoms with van der Waals surface area (Å²) in [5.74, 6) is -0.0810. The minimum Gasteiger partial charge on any atom is -0.373 e. The fraction of sp³-hybridized carbons (Fsp3) is 0.500. The lowest BCUT2D eigenvalue weighted by atomic mass is 10.2. The van der Waals surface area contributed by atoms with Crippen molar-refractivity contribution >= 4 is 15.8 Å². The van der Waals surface area contributed by atoms with E-state index in [4.69, 9.17) is 4.74 Å². The van der Waals surface area contributed by atoms with E-state index in [1.807, 2.05) is 13.8 Å². The second kappa shape index (κ2) is 5.63. The minimum absolute atomic E-state index is 0.0810. The lowest BCUT2D eigenvalue weighted by Crippen LogP contribution is -2.48. The molecule has 20 heavy (non-hydrogen) atoms. The normalized spacial score (nSPS) is 24.6. The van der Waals surface area contributed by atoms with Crippen molar-refractivity contribution in [3.8, 4) is 0 Å². The van der Waals surface area contributed by atoms with Crippen molar-refractivity contribution in [2.45, 2.75) is 37.9 Å². The lowest BCUT2D eigenvalue weighted by Gasteiger charge is -2.34. The van der Waals surface area contributed by atoms with E-state index < -0.39 is 10.0 Å². The van der Waals surface area contributed by atoms with Gasteiger partial charge in [-0.15, -0.1) is 0 Å². The quantitative estimate of drug-likeness (QED) is 0.796. The number of ether oxygens (including phenoxy) is 1. The van der Waals surface area contributed by atoms with E-state index in [1.165, 1.54) is 23.4 Å². The first-order valence-electron chi connectivity index (χ1n) is 6.57. The number of morpholine rings is 1. The topological polar surface area (TPSA) is 63.7 Å². The summed E-state index contributed by atoms with van der Waals surface area (Å²) in [5.41, 5.74) is 0.507. The van der Waals surface area contributed by atoms with Crippen molar-refractivity contribution in [2.24, 2.45) is 0 Å². The van der Waals surface area contributed by atoms with E-state index in [0.29, 0.717) is 18.7 Å². The number of rotatable bonds is 3. The molecule has 0 aliphatic carbocycles. The Hall–Kier alpha value is -1.24. The van der Waals surface area contributed by atoms with E-state index in [0.717, 1.165) is 0 Å².